The maximum atomic E-state index is 12.8. The summed E-state index contributed by atoms with van der Waals surface area (Å²) >= 11 is 0. The van der Waals surface area contributed by atoms with Crippen LogP contribution in [0.15, 0.2) is 102 Å². The SMILES string of the molecule is Cc1cc(C)cc(NS(=O)(=O)c2ccc(NC(=O)c3cccc(OCCOc4ccccc4)c3)cc2)c1. The standard InChI is InChI=1S/C29H28N2O5S/c1-21-17-22(2)19-25(18-21)31-37(33,34)28-13-11-24(12-14-28)30-29(32)23-7-6-10-27(20-23)36-16-15-35-26-8-4-3-5-9-26/h3-14,17-20,31H,15-16H2,1-2H3,(H,30,32). The first kappa shape index (κ1) is 25.8. The molecule has 0 aromatic heterocycles. The van der Waals surface area contributed by atoms with E-state index in [1.165, 1.54) is 12.1 Å². The fourth-order valence-electron chi connectivity index (χ4n) is 3.73. The maximum Gasteiger partial charge on any atom is 0.261 e. The highest BCUT2D eigenvalue weighted by Crippen LogP contribution is 2.21. The molecule has 1 amide bonds. The normalized spacial score (nSPS) is 11.0. The topological polar surface area (TPSA) is 93.7 Å². The summed E-state index contributed by atoms with van der Waals surface area (Å²) in [6.07, 6.45) is 0. The van der Waals surface area contributed by atoms with Crippen molar-refractivity contribution in [2.45, 2.75) is 18.7 Å². The van der Waals surface area contributed by atoms with Crippen LogP contribution in [0, 0.1) is 13.8 Å². The van der Waals surface area contributed by atoms with Gasteiger partial charge in [0.25, 0.3) is 15.9 Å². The van der Waals surface area contributed by atoms with Gasteiger partial charge in [-0.1, -0.05) is 30.3 Å². The Labute approximate surface area is 217 Å². The average Bonchev–Trinajstić information content (AvgIpc) is 2.87. The quantitative estimate of drug-likeness (QED) is 0.259. The van der Waals surface area contributed by atoms with Gasteiger partial charge >= 0.3 is 0 Å². The van der Waals surface area contributed by atoms with E-state index in [2.05, 4.69) is 10.0 Å². The van der Waals surface area contributed by atoms with Gasteiger partial charge in [-0.15, -0.1) is 0 Å². The number of hydrogen-bond acceptors (Lipinski definition) is 5. The molecule has 0 saturated carbocycles. The molecule has 190 valence electrons. The van der Waals surface area contributed by atoms with Crippen molar-refractivity contribution in [3.63, 3.8) is 0 Å². The molecule has 8 heteroatoms. The number of benzene rings is 4. The first-order valence-electron chi connectivity index (χ1n) is 11.7. The summed E-state index contributed by atoms with van der Waals surface area (Å²) < 4.78 is 39.5. The Kier molecular flexibility index (Phi) is 8.10. The number of sulfonamides is 1. The molecule has 0 unspecified atom stereocenters. The minimum absolute atomic E-state index is 0.0952. The van der Waals surface area contributed by atoms with Crippen molar-refractivity contribution in [3.8, 4) is 11.5 Å². The third-order valence-electron chi connectivity index (χ3n) is 5.36. The number of carbonyl (C=O) groups excluding carboxylic acids is 1. The first-order chi connectivity index (χ1) is 17.8. The van der Waals surface area contributed by atoms with E-state index < -0.39 is 10.0 Å². The van der Waals surface area contributed by atoms with Gasteiger partial charge in [-0.3, -0.25) is 9.52 Å². The predicted octanol–water partition coefficient (Wildman–Crippen LogP) is 5.81. The summed E-state index contributed by atoms with van der Waals surface area (Å²) in [5.41, 5.74) is 3.31. The fraction of sp³-hybridized carbons (Fsp3) is 0.138. The number of carbonyl (C=O) groups is 1. The summed E-state index contributed by atoms with van der Waals surface area (Å²) in [6, 6.07) is 27.8. The van der Waals surface area contributed by atoms with Gasteiger partial charge in [-0.05, 0) is 91.7 Å². The number of rotatable bonds is 10. The van der Waals surface area contributed by atoms with Crippen molar-refractivity contribution in [2.24, 2.45) is 0 Å². The Morgan fingerprint density at radius 1 is 0.703 bits per heavy atom. The Bertz CT molecular complexity index is 1450. The number of aryl methyl sites for hydroxylation is 2. The zero-order valence-corrected chi connectivity index (χ0v) is 21.4. The molecule has 0 aliphatic rings. The Morgan fingerprint density at radius 2 is 1.32 bits per heavy atom. The van der Waals surface area contributed by atoms with E-state index in [1.54, 1.807) is 48.5 Å². The van der Waals surface area contributed by atoms with Crippen molar-refractivity contribution in [3.05, 3.63) is 114 Å². The Balaban J connectivity index is 1.33. The molecule has 4 aromatic rings. The fourth-order valence-corrected chi connectivity index (χ4v) is 4.77. The molecular formula is C29H28N2O5S. The molecule has 37 heavy (non-hydrogen) atoms. The molecular weight excluding hydrogens is 488 g/mol. The summed E-state index contributed by atoms with van der Waals surface area (Å²) in [7, 11) is -3.77. The van der Waals surface area contributed by atoms with E-state index >= 15 is 0 Å². The third kappa shape index (κ3) is 7.35. The zero-order valence-electron chi connectivity index (χ0n) is 20.6. The molecule has 0 saturated heterocycles. The lowest BCUT2D eigenvalue weighted by Crippen LogP contribution is -2.14. The first-order valence-corrected chi connectivity index (χ1v) is 13.2. The Morgan fingerprint density at radius 3 is 2.00 bits per heavy atom. The molecule has 0 heterocycles. The lowest BCUT2D eigenvalue weighted by atomic mass is 10.1. The number of anilines is 2. The molecule has 0 aliphatic heterocycles. The van der Waals surface area contributed by atoms with Gasteiger partial charge in [0.2, 0.25) is 0 Å². The second-order valence-corrected chi connectivity index (χ2v) is 10.2. The number of hydrogen-bond donors (Lipinski definition) is 2. The lowest BCUT2D eigenvalue weighted by molar-refractivity contribution is 0.102. The van der Waals surface area contributed by atoms with Gasteiger partial charge in [0.05, 0.1) is 4.90 Å². The lowest BCUT2D eigenvalue weighted by Gasteiger charge is -2.11. The summed E-state index contributed by atoms with van der Waals surface area (Å²) in [5.74, 6) is 0.970. The van der Waals surface area contributed by atoms with Crippen LogP contribution in [0.2, 0.25) is 0 Å². The monoisotopic (exact) mass is 516 g/mol. The van der Waals surface area contributed by atoms with Gasteiger partial charge in [-0.2, -0.15) is 0 Å². The molecule has 0 atom stereocenters. The molecule has 2 N–H and O–H groups in total. The van der Waals surface area contributed by atoms with E-state index in [0.29, 0.717) is 35.9 Å². The smallest absolute Gasteiger partial charge is 0.261 e. The van der Waals surface area contributed by atoms with Crippen LogP contribution in [0.3, 0.4) is 0 Å². The zero-order chi connectivity index (χ0) is 26.3. The summed E-state index contributed by atoms with van der Waals surface area (Å²) in [4.78, 5) is 12.8. The van der Waals surface area contributed by atoms with Crippen LogP contribution in [-0.4, -0.2) is 27.5 Å². The van der Waals surface area contributed by atoms with Crippen molar-refractivity contribution >= 4 is 27.3 Å². The van der Waals surface area contributed by atoms with E-state index in [0.717, 1.165) is 16.9 Å². The van der Waals surface area contributed by atoms with E-state index in [9.17, 15) is 13.2 Å². The summed E-state index contributed by atoms with van der Waals surface area (Å²) in [5, 5.41) is 2.78. The van der Waals surface area contributed by atoms with Crippen LogP contribution in [0.4, 0.5) is 11.4 Å². The van der Waals surface area contributed by atoms with Gasteiger partial charge < -0.3 is 14.8 Å². The number of para-hydroxylation sites is 1. The molecule has 0 aliphatic carbocycles. The van der Waals surface area contributed by atoms with E-state index in [-0.39, 0.29) is 10.8 Å². The highest BCUT2D eigenvalue weighted by molar-refractivity contribution is 7.92. The number of amides is 1. The molecule has 0 radical (unpaired) electrons. The molecule has 4 rings (SSSR count). The van der Waals surface area contributed by atoms with Crippen LogP contribution in [-0.2, 0) is 10.0 Å². The second-order valence-electron chi connectivity index (χ2n) is 8.50. The highest BCUT2D eigenvalue weighted by Gasteiger charge is 2.15. The van der Waals surface area contributed by atoms with Crippen molar-refractivity contribution in [1.82, 2.24) is 0 Å². The molecule has 7 nitrogen and oxygen atoms in total. The Hall–Kier alpha value is -4.30. The van der Waals surface area contributed by atoms with Crippen molar-refractivity contribution in [1.29, 1.82) is 0 Å². The number of ether oxygens (including phenoxy) is 2. The van der Waals surface area contributed by atoms with Crippen LogP contribution in [0.25, 0.3) is 0 Å². The minimum atomic E-state index is -3.77. The second kappa shape index (κ2) is 11.6. The van der Waals surface area contributed by atoms with E-state index in [1.807, 2.05) is 50.2 Å². The van der Waals surface area contributed by atoms with Gasteiger partial charge in [0, 0.05) is 16.9 Å². The maximum absolute atomic E-state index is 12.8. The molecule has 0 bridgehead atoms. The molecule has 0 fully saturated rings. The van der Waals surface area contributed by atoms with Crippen LogP contribution >= 0.6 is 0 Å². The number of nitrogens with one attached hydrogen (secondary N) is 2. The largest absolute Gasteiger partial charge is 0.490 e. The van der Waals surface area contributed by atoms with Crippen LogP contribution < -0.4 is 19.5 Å². The molecule has 4 aromatic carbocycles. The minimum Gasteiger partial charge on any atom is -0.490 e. The van der Waals surface area contributed by atoms with Gasteiger partial charge in [0.1, 0.15) is 24.7 Å². The van der Waals surface area contributed by atoms with Gasteiger partial charge in [0.15, 0.2) is 0 Å². The van der Waals surface area contributed by atoms with Crippen LogP contribution in [0.1, 0.15) is 21.5 Å². The van der Waals surface area contributed by atoms with E-state index in [4.69, 9.17) is 9.47 Å². The van der Waals surface area contributed by atoms with Crippen molar-refractivity contribution in [2.75, 3.05) is 23.3 Å². The summed E-state index contributed by atoms with van der Waals surface area (Å²) in [6.45, 7) is 4.51. The van der Waals surface area contributed by atoms with Crippen LogP contribution in [0.5, 0.6) is 11.5 Å². The highest BCUT2D eigenvalue weighted by atomic mass is 32.2. The predicted molar refractivity (Wildman–Crippen MR) is 145 cm³/mol. The van der Waals surface area contributed by atoms with Crippen molar-refractivity contribution < 1.29 is 22.7 Å². The average molecular weight is 517 g/mol. The van der Waals surface area contributed by atoms with Gasteiger partial charge in [-0.25, -0.2) is 8.42 Å². The third-order valence-corrected chi connectivity index (χ3v) is 6.75. The molecule has 0 spiro atoms.